The van der Waals surface area contributed by atoms with Crippen LogP contribution in [0, 0.1) is 0 Å². The van der Waals surface area contributed by atoms with Crippen molar-refractivity contribution in [1.82, 2.24) is 0 Å². The summed E-state index contributed by atoms with van der Waals surface area (Å²) in [7, 11) is 0. The van der Waals surface area contributed by atoms with Gasteiger partial charge in [-0.1, -0.05) is 0 Å². The van der Waals surface area contributed by atoms with E-state index in [-0.39, 0.29) is 18.6 Å². The molecule has 0 bridgehead atoms. The molecule has 0 saturated carbocycles. The SMILES string of the molecule is NC(CCC(=O)O)c1c(O)c(Br)cc2c1OCCO2. The molecular formula is C12H14BrNO5. The molecule has 1 aliphatic heterocycles. The van der Waals surface area contributed by atoms with Crippen molar-refractivity contribution in [3.8, 4) is 17.2 Å². The lowest BCUT2D eigenvalue weighted by atomic mass is 10.00. The van der Waals surface area contributed by atoms with Gasteiger partial charge in [-0.2, -0.15) is 0 Å². The van der Waals surface area contributed by atoms with Gasteiger partial charge in [0.2, 0.25) is 0 Å². The molecule has 0 amide bonds. The van der Waals surface area contributed by atoms with Gasteiger partial charge in [0.1, 0.15) is 19.0 Å². The number of hydrogen-bond acceptors (Lipinski definition) is 5. The van der Waals surface area contributed by atoms with Gasteiger partial charge in [-0.15, -0.1) is 0 Å². The summed E-state index contributed by atoms with van der Waals surface area (Å²) in [5.41, 5.74) is 6.34. The average molecular weight is 332 g/mol. The highest BCUT2D eigenvalue weighted by Gasteiger charge is 2.26. The Morgan fingerprint density at radius 3 is 2.84 bits per heavy atom. The van der Waals surface area contributed by atoms with Crippen LogP contribution in [-0.4, -0.2) is 29.4 Å². The second kappa shape index (κ2) is 5.66. The predicted molar refractivity (Wildman–Crippen MR) is 70.6 cm³/mol. The highest BCUT2D eigenvalue weighted by molar-refractivity contribution is 9.10. The summed E-state index contributed by atoms with van der Waals surface area (Å²) in [4.78, 5) is 10.6. The van der Waals surface area contributed by atoms with E-state index in [1.165, 1.54) is 0 Å². The van der Waals surface area contributed by atoms with Crippen LogP contribution in [0.1, 0.15) is 24.4 Å². The minimum atomic E-state index is -0.934. The maximum Gasteiger partial charge on any atom is 0.303 e. The van der Waals surface area contributed by atoms with E-state index in [2.05, 4.69) is 15.9 Å². The first kappa shape index (κ1) is 14.0. The van der Waals surface area contributed by atoms with E-state index in [4.69, 9.17) is 20.3 Å². The van der Waals surface area contributed by atoms with Crippen LogP contribution in [-0.2, 0) is 4.79 Å². The summed E-state index contributed by atoms with van der Waals surface area (Å²) >= 11 is 3.22. The fraction of sp³-hybridized carbons (Fsp3) is 0.417. The number of nitrogens with two attached hydrogens (primary N) is 1. The summed E-state index contributed by atoms with van der Waals surface area (Å²) in [5.74, 6) is -0.0837. The third-order valence-corrected chi connectivity index (χ3v) is 3.44. The van der Waals surface area contributed by atoms with Crippen LogP contribution in [0.3, 0.4) is 0 Å². The molecule has 7 heteroatoms. The number of fused-ring (bicyclic) bond motifs is 1. The number of phenols is 1. The molecule has 1 heterocycles. The first-order chi connectivity index (χ1) is 9.00. The minimum Gasteiger partial charge on any atom is -0.506 e. The van der Waals surface area contributed by atoms with Crippen LogP contribution in [0.5, 0.6) is 17.2 Å². The smallest absolute Gasteiger partial charge is 0.303 e. The number of ether oxygens (including phenoxy) is 2. The fourth-order valence-corrected chi connectivity index (χ4v) is 2.36. The number of phenolic OH excluding ortho intramolecular Hbond substituents is 1. The van der Waals surface area contributed by atoms with Crippen molar-refractivity contribution in [3.05, 3.63) is 16.1 Å². The van der Waals surface area contributed by atoms with Gasteiger partial charge in [0.25, 0.3) is 0 Å². The molecule has 19 heavy (non-hydrogen) atoms. The molecule has 0 fully saturated rings. The summed E-state index contributed by atoms with van der Waals surface area (Å²) in [6.45, 7) is 0.792. The summed E-state index contributed by atoms with van der Waals surface area (Å²) in [6, 6.07) is 0.973. The van der Waals surface area contributed by atoms with Crippen molar-refractivity contribution in [2.45, 2.75) is 18.9 Å². The lowest BCUT2D eigenvalue weighted by Crippen LogP contribution is -2.20. The first-order valence-corrected chi connectivity index (χ1v) is 6.58. The zero-order valence-electron chi connectivity index (χ0n) is 10.1. The first-order valence-electron chi connectivity index (χ1n) is 5.79. The molecule has 2 rings (SSSR count). The molecule has 0 spiro atoms. The van der Waals surface area contributed by atoms with Gasteiger partial charge < -0.3 is 25.4 Å². The minimum absolute atomic E-state index is 0.0397. The highest BCUT2D eigenvalue weighted by atomic mass is 79.9. The molecule has 6 nitrogen and oxygen atoms in total. The number of carboxylic acids is 1. The fourth-order valence-electron chi connectivity index (χ4n) is 1.94. The van der Waals surface area contributed by atoms with Gasteiger partial charge in [0.05, 0.1) is 10.0 Å². The number of carbonyl (C=O) groups is 1. The molecule has 0 saturated heterocycles. The van der Waals surface area contributed by atoms with Crippen molar-refractivity contribution < 1.29 is 24.5 Å². The lowest BCUT2D eigenvalue weighted by Gasteiger charge is -2.25. The molecule has 0 radical (unpaired) electrons. The van der Waals surface area contributed by atoms with E-state index in [9.17, 15) is 9.90 Å². The maximum absolute atomic E-state index is 10.6. The lowest BCUT2D eigenvalue weighted by molar-refractivity contribution is -0.137. The van der Waals surface area contributed by atoms with Crippen LogP contribution >= 0.6 is 15.9 Å². The Morgan fingerprint density at radius 1 is 1.47 bits per heavy atom. The summed E-state index contributed by atoms with van der Waals surface area (Å²) in [6.07, 6.45) is 0.123. The van der Waals surface area contributed by atoms with Gasteiger partial charge in [0, 0.05) is 18.5 Å². The molecule has 1 unspecified atom stereocenters. The Morgan fingerprint density at radius 2 is 2.16 bits per heavy atom. The van der Waals surface area contributed by atoms with E-state index in [1.54, 1.807) is 6.07 Å². The second-order valence-corrected chi connectivity index (χ2v) is 5.04. The number of aliphatic carboxylic acids is 1. The van der Waals surface area contributed by atoms with Crippen LogP contribution in [0.4, 0.5) is 0 Å². The molecule has 0 aromatic heterocycles. The number of rotatable bonds is 4. The van der Waals surface area contributed by atoms with Crippen LogP contribution < -0.4 is 15.2 Å². The topological polar surface area (TPSA) is 102 Å². The monoisotopic (exact) mass is 331 g/mol. The van der Waals surface area contributed by atoms with E-state index >= 15 is 0 Å². The van der Waals surface area contributed by atoms with Gasteiger partial charge in [-0.3, -0.25) is 4.79 Å². The van der Waals surface area contributed by atoms with E-state index in [1.807, 2.05) is 0 Å². The molecule has 1 atom stereocenters. The van der Waals surface area contributed by atoms with Gasteiger partial charge in [-0.05, 0) is 22.4 Å². The Labute approximate surface area is 118 Å². The molecule has 1 aromatic rings. The van der Waals surface area contributed by atoms with Crippen molar-refractivity contribution >= 4 is 21.9 Å². The number of carboxylic acid groups (broad SMARTS) is 1. The third-order valence-electron chi connectivity index (χ3n) is 2.83. The molecule has 1 aromatic carbocycles. The Hall–Kier alpha value is -1.47. The van der Waals surface area contributed by atoms with Gasteiger partial charge >= 0.3 is 5.97 Å². The van der Waals surface area contributed by atoms with Gasteiger partial charge in [0.15, 0.2) is 11.5 Å². The van der Waals surface area contributed by atoms with Crippen LogP contribution in [0.2, 0.25) is 0 Å². The number of benzene rings is 1. The maximum atomic E-state index is 10.6. The summed E-state index contributed by atoms with van der Waals surface area (Å²) in [5, 5.41) is 18.8. The predicted octanol–water partition coefficient (Wildman–Crippen LogP) is 1.79. The number of aromatic hydroxyl groups is 1. The molecule has 0 aliphatic carbocycles. The average Bonchev–Trinajstić information content (AvgIpc) is 2.37. The third kappa shape index (κ3) is 2.93. The second-order valence-electron chi connectivity index (χ2n) is 4.18. The van der Waals surface area contributed by atoms with Crippen LogP contribution in [0.25, 0.3) is 0 Å². The van der Waals surface area contributed by atoms with Crippen molar-refractivity contribution in [2.75, 3.05) is 13.2 Å². The van der Waals surface area contributed by atoms with Crippen molar-refractivity contribution in [1.29, 1.82) is 0 Å². The van der Waals surface area contributed by atoms with E-state index in [0.29, 0.717) is 34.7 Å². The largest absolute Gasteiger partial charge is 0.506 e. The van der Waals surface area contributed by atoms with Crippen LogP contribution in [0.15, 0.2) is 10.5 Å². The zero-order chi connectivity index (χ0) is 14.0. The molecular weight excluding hydrogens is 318 g/mol. The normalized spacial score (nSPS) is 15.1. The van der Waals surface area contributed by atoms with Gasteiger partial charge in [-0.25, -0.2) is 0 Å². The number of halogens is 1. The van der Waals surface area contributed by atoms with Crippen molar-refractivity contribution in [2.24, 2.45) is 5.73 Å². The molecule has 1 aliphatic rings. The standard InChI is InChI=1S/C12H14BrNO5/c13-6-5-8-12(19-4-3-18-8)10(11(6)17)7(14)1-2-9(15)16/h5,7,17H,1-4,14H2,(H,15,16). The summed E-state index contributed by atoms with van der Waals surface area (Å²) < 4.78 is 11.4. The number of hydrogen-bond donors (Lipinski definition) is 3. The Bertz CT molecular complexity index is 505. The zero-order valence-corrected chi connectivity index (χ0v) is 11.6. The van der Waals surface area contributed by atoms with E-state index < -0.39 is 12.0 Å². The molecule has 104 valence electrons. The quantitative estimate of drug-likeness (QED) is 0.777. The van der Waals surface area contributed by atoms with E-state index in [0.717, 1.165) is 0 Å². The Kier molecular flexibility index (Phi) is 4.16. The molecule has 4 N–H and O–H groups in total. The van der Waals surface area contributed by atoms with Crippen molar-refractivity contribution in [3.63, 3.8) is 0 Å². The highest BCUT2D eigenvalue weighted by Crippen LogP contribution is 2.46. The Balaban J connectivity index is 2.37.